The molecule has 2 aromatic heterocycles. The molecule has 1 fully saturated rings. The van der Waals surface area contributed by atoms with Gasteiger partial charge in [-0.1, -0.05) is 11.6 Å². The Labute approximate surface area is 217 Å². The average Bonchev–Trinajstić information content (AvgIpc) is 3.48. The second kappa shape index (κ2) is 9.42. The van der Waals surface area contributed by atoms with E-state index in [1.165, 1.54) is 30.5 Å². The number of anilines is 1. The van der Waals surface area contributed by atoms with Crippen molar-refractivity contribution >= 4 is 28.8 Å². The number of carbonyl (C=O) groups is 1. The zero-order valence-corrected chi connectivity index (χ0v) is 21.0. The number of nitrogens with one attached hydrogen (secondary N) is 1. The lowest BCUT2D eigenvalue weighted by Gasteiger charge is -2.33. The molecule has 1 aromatic carbocycles. The molecule has 2 aliphatic heterocycles. The maximum Gasteiger partial charge on any atom is 0.251 e. The van der Waals surface area contributed by atoms with Gasteiger partial charge < -0.3 is 25.5 Å². The van der Waals surface area contributed by atoms with Gasteiger partial charge in [0.05, 0.1) is 22.4 Å². The van der Waals surface area contributed by atoms with Gasteiger partial charge in [0.2, 0.25) is 5.91 Å². The maximum absolute atomic E-state index is 15.1. The van der Waals surface area contributed by atoms with Gasteiger partial charge in [-0.25, -0.2) is 18.7 Å². The van der Waals surface area contributed by atoms with Gasteiger partial charge in [-0.3, -0.25) is 4.79 Å². The van der Waals surface area contributed by atoms with E-state index < -0.39 is 17.2 Å². The van der Waals surface area contributed by atoms with Crippen molar-refractivity contribution in [3.63, 3.8) is 0 Å². The number of nitrogen functional groups attached to an aromatic ring is 1. The number of amides is 1. The summed E-state index contributed by atoms with van der Waals surface area (Å²) in [7, 11) is 0. The predicted molar refractivity (Wildman–Crippen MR) is 135 cm³/mol. The topological polar surface area (TPSA) is 117 Å². The van der Waals surface area contributed by atoms with Crippen molar-refractivity contribution in [2.75, 3.05) is 12.3 Å². The molecule has 2 aliphatic rings. The van der Waals surface area contributed by atoms with Gasteiger partial charge in [-0.05, 0) is 56.9 Å². The summed E-state index contributed by atoms with van der Waals surface area (Å²) in [6, 6.07) is 3.89. The van der Waals surface area contributed by atoms with Gasteiger partial charge >= 0.3 is 0 Å². The number of hydrogen-bond donors (Lipinski definition) is 3. The number of H-pyrrole nitrogens is 1. The van der Waals surface area contributed by atoms with E-state index >= 15 is 4.39 Å². The van der Waals surface area contributed by atoms with Crippen molar-refractivity contribution in [2.45, 2.75) is 50.8 Å². The van der Waals surface area contributed by atoms with E-state index in [0.717, 1.165) is 0 Å². The van der Waals surface area contributed by atoms with Crippen LogP contribution in [0.15, 0.2) is 36.7 Å². The summed E-state index contributed by atoms with van der Waals surface area (Å²) in [6.07, 6.45) is 6.12. The number of aromatic nitrogens is 3. The van der Waals surface area contributed by atoms with Crippen LogP contribution >= 0.6 is 11.6 Å². The van der Waals surface area contributed by atoms with E-state index in [4.69, 9.17) is 22.1 Å². The van der Waals surface area contributed by atoms with E-state index in [1.807, 2.05) is 0 Å². The van der Waals surface area contributed by atoms with Crippen LogP contribution in [0, 0.1) is 11.6 Å². The van der Waals surface area contributed by atoms with Crippen LogP contribution < -0.4 is 10.5 Å². The fraction of sp³-hybridized carbons (Fsp3) is 0.346. The zero-order chi connectivity index (χ0) is 26.5. The number of benzene rings is 1. The fourth-order valence-electron chi connectivity index (χ4n) is 4.90. The van der Waals surface area contributed by atoms with E-state index in [2.05, 4.69) is 15.0 Å². The van der Waals surface area contributed by atoms with Crippen LogP contribution in [-0.4, -0.2) is 49.1 Å². The Morgan fingerprint density at radius 1 is 1.27 bits per heavy atom. The van der Waals surface area contributed by atoms with Crippen LogP contribution in [-0.2, 0) is 4.79 Å². The van der Waals surface area contributed by atoms with E-state index in [-0.39, 0.29) is 52.3 Å². The summed E-state index contributed by atoms with van der Waals surface area (Å²) in [4.78, 5) is 26.5. The maximum atomic E-state index is 15.1. The van der Waals surface area contributed by atoms with Crippen LogP contribution in [0.25, 0.3) is 16.8 Å². The highest BCUT2D eigenvalue weighted by Crippen LogP contribution is 2.44. The summed E-state index contributed by atoms with van der Waals surface area (Å²) >= 11 is 5.95. The smallest absolute Gasteiger partial charge is 0.251 e. The Balaban J connectivity index is 1.39. The molecule has 11 heteroatoms. The van der Waals surface area contributed by atoms with E-state index in [0.29, 0.717) is 36.4 Å². The second-order valence-electron chi connectivity index (χ2n) is 9.94. The molecule has 0 bridgehead atoms. The number of carbonyl (C=O) groups excluding carboxylic acids is 1. The number of halogens is 3. The summed E-state index contributed by atoms with van der Waals surface area (Å²) in [5.74, 6) is -1.32. The summed E-state index contributed by atoms with van der Waals surface area (Å²) in [5, 5.41) is 9.81. The first-order valence-electron chi connectivity index (χ1n) is 11.9. The second-order valence-corrected chi connectivity index (χ2v) is 10.3. The molecule has 0 aliphatic carbocycles. The minimum absolute atomic E-state index is 0.0515. The quantitative estimate of drug-likeness (QED) is 0.400. The Bertz CT molecular complexity index is 1400. The van der Waals surface area contributed by atoms with Gasteiger partial charge in [0, 0.05) is 41.3 Å². The van der Waals surface area contributed by atoms with Crippen LogP contribution in [0.5, 0.6) is 5.88 Å². The first-order chi connectivity index (χ1) is 17.5. The summed E-state index contributed by atoms with van der Waals surface area (Å²) in [5.41, 5.74) is 6.28. The molecule has 4 N–H and O–H groups in total. The number of aromatic amines is 1. The molecular formula is C26H26ClF2N5O3. The lowest BCUT2D eigenvalue weighted by molar-refractivity contribution is -0.129. The van der Waals surface area contributed by atoms with Crippen LogP contribution in [0.4, 0.5) is 14.5 Å². The molecule has 0 saturated carbocycles. The number of ether oxygens (including phenoxy) is 1. The van der Waals surface area contributed by atoms with Crippen LogP contribution in [0.2, 0.25) is 5.02 Å². The van der Waals surface area contributed by atoms with Crippen molar-refractivity contribution in [1.82, 2.24) is 19.9 Å². The number of aliphatic hydroxyl groups is 1. The molecule has 194 valence electrons. The summed E-state index contributed by atoms with van der Waals surface area (Å²) < 4.78 is 35.2. The van der Waals surface area contributed by atoms with Crippen molar-refractivity contribution in [2.24, 2.45) is 0 Å². The van der Waals surface area contributed by atoms with Crippen molar-refractivity contribution in [3.05, 3.63) is 64.7 Å². The molecule has 8 nitrogen and oxygen atoms in total. The molecular weight excluding hydrogens is 504 g/mol. The van der Waals surface area contributed by atoms with E-state index in [1.54, 1.807) is 24.9 Å². The molecule has 0 radical (unpaired) electrons. The Kier molecular flexibility index (Phi) is 6.41. The van der Waals surface area contributed by atoms with Crippen LogP contribution in [0.3, 0.4) is 0 Å². The zero-order valence-electron chi connectivity index (χ0n) is 20.3. The van der Waals surface area contributed by atoms with Crippen LogP contribution in [0.1, 0.15) is 50.5 Å². The molecule has 3 aromatic rings. The number of hydrogen-bond acceptors (Lipinski definition) is 6. The predicted octanol–water partition coefficient (Wildman–Crippen LogP) is 4.65. The Morgan fingerprint density at radius 2 is 2.05 bits per heavy atom. The molecule has 4 heterocycles. The van der Waals surface area contributed by atoms with Gasteiger partial charge in [0.25, 0.3) is 5.88 Å². The highest BCUT2D eigenvalue weighted by Gasteiger charge is 2.42. The lowest BCUT2D eigenvalue weighted by Crippen LogP contribution is -2.39. The highest BCUT2D eigenvalue weighted by molar-refractivity contribution is 6.31. The van der Waals surface area contributed by atoms with Crippen molar-refractivity contribution in [1.29, 1.82) is 0 Å². The number of nitrogens with zero attached hydrogens (tertiary/aromatic N) is 3. The van der Waals surface area contributed by atoms with Gasteiger partial charge in [0.1, 0.15) is 12.4 Å². The first kappa shape index (κ1) is 25.2. The number of imidazole rings is 1. The molecule has 0 spiro atoms. The standard InChI is InChI=1S/C26H26ClF2N5O3/c1-26(2,36)12-37-25-22(28)15(7-8-31-25)18-11-32-24(33-18)19-6-3-14-9-13(10-20(35)34(14)19)21-17(30)5-4-16(27)23(21)29/h4-5,7-8,10-11,14,19,36H,3,6,9,12,30H2,1-2H3,(H,32,33)/t14?,19-/m0/s1. The molecule has 5 rings (SSSR count). The largest absolute Gasteiger partial charge is 0.473 e. The van der Waals surface area contributed by atoms with E-state index in [9.17, 15) is 14.3 Å². The monoisotopic (exact) mass is 529 g/mol. The number of nitrogens with two attached hydrogens (primary N) is 1. The highest BCUT2D eigenvalue weighted by atomic mass is 35.5. The normalized spacial score (nSPS) is 19.7. The summed E-state index contributed by atoms with van der Waals surface area (Å²) in [6.45, 7) is 2.96. The molecule has 2 atom stereocenters. The first-order valence-corrected chi connectivity index (χ1v) is 12.2. The van der Waals surface area contributed by atoms with Gasteiger partial charge in [-0.2, -0.15) is 0 Å². The lowest BCUT2D eigenvalue weighted by atomic mass is 9.92. The molecule has 1 amide bonds. The molecule has 1 unspecified atom stereocenters. The van der Waals surface area contributed by atoms with Crippen molar-refractivity contribution < 1.29 is 23.4 Å². The van der Waals surface area contributed by atoms with Gasteiger partial charge in [-0.15, -0.1) is 0 Å². The fourth-order valence-corrected chi connectivity index (χ4v) is 5.06. The third-order valence-electron chi connectivity index (χ3n) is 6.57. The Morgan fingerprint density at radius 3 is 2.81 bits per heavy atom. The number of rotatable bonds is 6. The average molecular weight is 530 g/mol. The minimum atomic E-state index is -1.15. The van der Waals surface area contributed by atoms with Crippen molar-refractivity contribution in [3.8, 4) is 17.1 Å². The third kappa shape index (κ3) is 4.78. The SMILES string of the molecule is CC(C)(O)COc1nccc(-c2c[nH]c([C@@H]3CCC4CC(c5c(N)ccc(Cl)c5F)=CC(=O)N43)n2)c1F. The molecule has 1 saturated heterocycles. The third-order valence-corrected chi connectivity index (χ3v) is 6.86. The van der Waals surface area contributed by atoms with Gasteiger partial charge in [0.15, 0.2) is 11.6 Å². The number of pyridine rings is 1. The number of fused-ring (bicyclic) bond motifs is 1. The molecule has 37 heavy (non-hydrogen) atoms. The minimum Gasteiger partial charge on any atom is -0.473 e. The Hall–Kier alpha value is -3.50.